The third kappa shape index (κ3) is 15.7. The summed E-state index contributed by atoms with van der Waals surface area (Å²) in [5, 5.41) is 44.9. The third-order valence-corrected chi connectivity index (χ3v) is 7.89. The summed E-state index contributed by atoms with van der Waals surface area (Å²) in [5.74, 6) is 1.32. The molecule has 0 spiro atoms. The van der Waals surface area contributed by atoms with E-state index in [1.807, 2.05) is 17.9 Å². The monoisotopic (exact) mass is 763 g/mol. The Kier molecular flexibility index (Phi) is 18.4. The molecule has 0 aromatic carbocycles. The zero-order valence-corrected chi connectivity index (χ0v) is 30.1. The average Bonchev–Trinajstić information content (AvgIpc) is 3.75. The molecule has 21 nitrogen and oxygen atoms in total. The molecule has 3 N–H and O–H groups in total. The molecule has 4 heterocycles. The first-order valence-corrected chi connectivity index (χ1v) is 16.4. The Labute approximate surface area is 301 Å². The number of nitrogens with zero attached hydrogens (tertiary/aromatic N) is 10. The molecule has 2 aromatic rings. The van der Waals surface area contributed by atoms with E-state index in [9.17, 15) is 30.3 Å². The van der Waals surface area contributed by atoms with Crippen LogP contribution in [0.3, 0.4) is 0 Å². The lowest BCUT2D eigenvalue weighted by Gasteiger charge is -2.34. The molecule has 0 radical (unpaired) electrons. The first-order chi connectivity index (χ1) is 23.8. The number of thiazole rings is 1. The van der Waals surface area contributed by atoms with E-state index >= 15 is 0 Å². The molecule has 4 rings (SSSR count). The van der Waals surface area contributed by atoms with Crippen molar-refractivity contribution in [2.75, 3.05) is 60.9 Å². The van der Waals surface area contributed by atoms with Crippen LogP contribution in [0.4, 0.5) is 0 Å². The summed E-state index contributed by atoms with van der Waals surface area (Å²) in [7, 11) is 4.91. The van der Waals surface area contributed by atoms with Gasteiger partial charge >= 0.3 is 0 Å². The van der Waals surface area contributed by atoms with Gasteiger partial charge in [0.05, 0.1) is 18.1 Å². The van der Waals surface area contributed by atoms with Crippen LogP contribution in [-0.2, 0) is 22.6 Å². The first-order valence-electron chi connectivity index (χ1n) is 14.8. The standard InChI is InChI=1S/C11H15ClN4O2.C8H10ClN5O3S.C7H14N4O3/c1-3-15(11(13-2)8-16(17)18)7-9-4-5-10(12)14-6-9;1-12-4-17-5-13(8(12)11-14(15)16)3-6-2-10-7(9)18-6;1-8-7(10-11(12)13)9-4-6-2-3-14-5-6/h4-6,8,13H,3,7H2,1-2H3;2H,3-5H2,1H3;6H,2-5H2,1H3,(H2,8,9,10)/b2*11-8+;. The van der Waals surface area contributed by atoms with Crippen LogP contribution >= 0.6 is 34.5 Å². The average molecular weight is 765 g/mol. The Morgan fingerprint density at radius 1 is 1.12 bits per heavy atom. The number of nitro groups is 3. The van der Waals surface area contributed by atoms with Crippen molar-refractivity contribution in [2.24, 2.45) is 16.1 Å². The van der Waals surface area contributed by atoms with Gasteiger partial charge in [0.1, 0.15) is 28.8 Å². The molecule has 0 amide bonds. The maximum atomic E-state index is 10.5. The van der Waals surface area contributed by atoms with Crippen molar-refractivity contribution in [3.05, 3.63) is 87.0 Å². The second kappa shape index (κ2) is 22.2. The number of pyridine rings is 1. The molecule has 276 valence electrons. The summed E-state index contributed by atoms with van der Waals surface area (Å²) in [6, 6.07) is 3.54. The lowest BCUT2D eigenvalue weighted by molar-refractivity contribution is -0.486. The molecule has 0 saturated carbocycles. The smallest absolute Gasteiger partial charge is 0.277 e. The van der Waals surface area contributed by atoms with Crippen LogP contribution in [0.15, 0.2) is 46.8 Å². The second-order valence-electron chi connectivity index (χ2n) is 10.2. The number of guanidine groups is 2. The maximum Gasteiger partial charge on any atom is 0.277 e. The van der Waals surface area contributed by atoms with E-state index in [1.165, 1.54) is 11.3 Å². The van der Waals surface area contributed by atoms with Gasteiger partial charge < -0.3 is 40.1 Å². The van der Waals surface area contributed by atoms with Crippen molar-refractivity contribution in [1.29, 1.82) is 0 Å². The molecule has 0 aliphatic carbocycles. The number of ether oxygens (including phenoxy) is 2. The molecule has 2 saturated heterocycles. The van der Waals surface area contributed by atoms with Crippen molar-refractivity contribution in [3.63, 3.8) is 0 Å². The van der Waals surface area contributed by atoms with E-state index in [-0.39, 0.29) is 25.4 Å². The van der Waals surface area contributed by atoms with Gasteiger partial charge in [-0.3, -0.25) is 10.1 Å². The highest BCUT2D eigenvalue weighted by Gasteiger charge is 2.25. The zero-order valence-electron chi connectivity index (χ0n) is 27.7. The quantitative estimate of drug-likeness (QED) is 0.0922. The SMILES string of the molecule is CCN(Cc1ccc(Cl)nc1)/C(=C/[N+](=O)[O-])NC.CN/C(=N\[N+](=O)[O-])NCC1CCOC1.CN1COCN(Cc2cnc(Cl)s2)/C1=N/[N+](=O)[O-]. The second-order valence-corrected chi connectivity index (χ2v) is 12.3. The number of rotatable bonds is 12. The Morgan fingerprint density at radius 2 is 1.88 bits per heavy atom. The lowest BCUT2D eigenvalue weighted by Crippen LogP contribution is -2.49. The van der Waals surface area contributed by atoms with Crippen LogP contribution in [0.1, 0.15) is 23.8 Å². The number of halogens is 2. The molecule has 1 unspecified atom stereocenters. The first kappa shape index (κ1) is 41.5. The third-order valence-electron chi connectivity index (χ3n) is 6.57. The van der Waals surface area contributed by atoms with Gasteiger partial charge in [0.2, 0.25) is 0 Å². The van der Waals surface area contributed by atoms with Gasteiger partial charge in [0, 0.05) is 70.6 Å². The van der Waals surface area contributed by atoms with Crippen LogP contribution in [0.2, 0.25) is 9.62 Å². The van der Waals surface area contributed by atoms with Gasteiger partial charge in [-0.15, -0.1) is 11.3 Å². The van der Waals surface area contributed by atoms with E-state index < -0.39 is 15.0 Å². The summed E-state index contributed by atoms with van der Waals surface area (Å²) < 4.78 is 10.9. The van der Waals surface area contributed by atoms with Gasteiger partial charge in [-0.1, -0.05) is 29.3 Å². The van der Waals surface area contributed by atoms with Crippen molar-refractivity contribution in [3.8, 4) is 0 Å². The molecule has 0 bridgehead atoms. The molecular weight excluding hydrogens is 725 g/mol. The summed E-state index contributed by atoms with van der Waals surface area (Å²) in [6.45, 7) is 6.16. The Hall–Kier alpha value is -4.64. The fourth-order valence-electron chi connectivity index (χ4n) is 4.25. The minimum Gasteiger partial charge on any atom is -0.381 e. The molecule has 2 aromatic heterocycles. The minimum atomic E-state index is -0.732. The van der Waals surface area contributed by atoms with Crippen LogP contribution < -0.4 is 16.0 Å². The molecule has 2 aliphatic heterocycles. The summed E-state index contributed by atoms with van der Waals surface area (Å²) >= 11 is 12.8. The topological polar surface area (TPSA) is 244 Å². The molecular formula is C26H39Cl2N13O8S. The highest BCUT2D eigenvalue weighted by atomic mass is 35.5. The van der Waals surface area contributed by atoms with Crippen molar-refractivity contribution < 1.29 is 24.5 Å². The molecule has 1 atom stereocenters. The zero-order chi connectivity index (χ0) is 37.1. The number of hydrazone groups is 2. The fourth-order valence-corrected chi connectivity index (χ4v) is 5.36. The molecule has 2 fully saturated rings. The van der Waals surface area contributed by atoms with Gasteiger partial charge in [-0.05, 0) is 25.0 Å². The summed E-state index contributed by atoms with van der Waals surface area (Å²) in [5.41, 5.74) is 0.936. The highest BCUT2D eigenvalue weighted by Crippen LogP contribution is 2.21. The summed E-state index contributed by atoms with van der Waals surface area (Å²) in [4.78, 5) is 44.5. The van der Waals surface area contributed by atoms with Crippen LogP contribution in [0.5, 0.6) is 0 Å². The largest absolute Gasteiger partial charge is 0.381 e. The fraction of sp³-hybridized carbons (Fsp3) is 0.538. The van der Waals surface area contributed by atoms with E-state index in [4.69, 9.17) is 32.7 Å². The minimum absolute atomic E-state index is 0.182. The van der Waals surface area contributed by atoms with E-state index in [0.29, 0.717) is 54.1 Å². The van der Waals surface area contributed by atoms with Gasteiger partial charge in [0.25, 0.3) is 18.1 Å². The maximum absolute atomic E-state index is 10.5. The van der Waals surface area contributed by atoms with Crippen LogP contribution in [-0.4, -0.2) is 112 Å². The van der Waals surface area contributed by atoms with Crippen molar-refractivity contribution in [1.82, 2.24) is 40.6 Å². The number of hydrogen-bond acceptors (Lipinski definition) is 13. The molecule has 2 aliphatic rings. The van der Waals surface area contributed by atoms with Gasteiger partial charge in [0.15, 0.2) is 20.4 Å². The van der Waals surface area contributed by atoms with E-state index in [2.05, 4.69) is 36.1 Å². The van der Waals surface area contributed by atoms with Crippen LogP contribution in [0.25, 0.3) is 0 Å². The van der Waals surface area contributed by atoms with E-state index in [0.717, 1.165) is 29.7 Å². The van der Waals surface area contributed by atoms with Gasteiger partial charge in [-0.2, -0.15) is 0 Å². The Bertz CT molecular complexity index is 1480. The molecule has 24 heteroatoms. The summed E-state index contributed by atoms with van der Waals surface area (Å²) in [6.07, 6.45) is 5.23. The highest BCUT2D eigenvalue weighted by molar-refractivity contribution is 7.15. The van der Waals surface area contributed by atoms with E-state index in [1.54, 1.807) is 49.4 Å². The number of nitrogens with one attached hydrogen (secondary N) is 3. The Balaban J connectivity index is 0.000000263. The number of aromatic nitrogens is 2. The normalized spacial score (nSPS) is 16.8. The number of hydrogen-bond donors (Lipinski definition) is 3. The predicted octanol–water partition coefficient (Wildman–Crippen LogP) is 2.25. The van der Waals surface area contributed by atoms with Gasteiger partial charge in [-0.25, -0.2) is 30.2 Å². The van der Waals surface area contributed by atoms with Crippen LogP contribution in [0, 0.1) is 36.3 Å². The van der Waals surface area contributed by atoms with Crippen molar-refractivity contribution in [2.45, 2.75) is 26.4 Å². The Morgan fingerprint density at radius 3 is 2.40 bits per heavy atom. The molecule has 50 heavy (non-hydrogen) atoms. The van der Waals surface area contributed by atoms with Crippen molar-refractivity contribution >= 4 is 46.5 Å². The lowest BCUT2D eigenvalue weighted by atomic mass is 10.1. The predicted molar refractivity (Wildman–Crippen MR) is 186 cm³/mol.